The number of para-hydroxylation sites is 1. The van der Waals surface area contributed by atoms with Crippen molar-refractivity contribution in [2.75, 3.05) is 24.0 Å². The zero-order valence-electron chi connectivity index (χ0n) is 23.1. The first-order valence-electron chi connectivity index (χ1n) is 13.3. The summed E-state index contributed by atoms with van der Waals surface area (Å²) in [5.74, 6) is -0.313. The van der Waals surface area contributed by atoms with Crippen molar-refractivity contribution < 1.29 is 22.7 Å². The molecule has 0 aliphatic carbocycles. The molecule has 0 saturated heterocycles. The molecule has 2 N–H and O–H groups in total. The maximum atomic E-state index is 13.4. The van der Waals surface area contributed by atoms with Gasteiger partial charge in [-0.2, -0.15) is 5.10 Å². The minimum absolute atomic E-state index is 0.0835. The summed E-state index contributed by atoms with van der Waals surface area (Å²) in [6.45, 7) is 1.82. The third-order valence-corrected chi connectivity index (χ3v) is 7.96. The normalized spacial score (nSPS) is 11.2. The van der Waals surface area contributed by atoms with Gasteiger partial charge in [-0.05, 0) is 73.0 Å². The van der Waals surface area contributed by atoms with Gasteiger partial charge in [-0.3, -0.25) is 13.9 Å². The Morgan fingerprint density at radius 3 is 2.14 bits per heavy atom. The van der Waals surface area contributed by atoms with E-state index in [1.165, 1.54) is 18.3 Å². The fourth-order valence-electron chi connectivity index (χ4n) is 3.93. The summed E-state index contributed by atoms with van der Waals surface area (Å²) in [6, 6.07) is 31.6. The minimum Gasteiger partial charge on any atom is -0.484 e. The SMILES string of the molecule is Cc1ccc(S(=O)(=O)N(CC(=O)N/N=C\c2ccc(OCC(=O)NCCc3ccccc3)cc2)c2ccccc2)cc1. The molecule has 4 rings (SSSR count). The van der Waals surface area contributed by atoms with Gasteiger partial charge in [0.2, 0.25) is 0 Å². The molecule has 0 aromatic heterocycles. The first kappa shape index (κ1) is 30.0. The van der Waals surface area contributed by atoms with E-state index < -0.39 is 22.5 Å². The number of sulfonamides is 1. The molecule has 0 radical (unpaired) electrons. The highest BCUT2D eigenvalue weighted by Crippen LogP contribution is 2.23. The van der Waals surface area contributed by atoms with Crippen LogP contribution >= 0.6 is 0 Å². The van der Waals surface area contributed by atoms with E-state index in [1.54, 1.807) is 66.7 Å². The third-order valence-electron chi connectivity index (χ3n) is 6.17. The van der Waals surface area contributed by atoms with E-state index in [-0.39, 0.29) is 17.4 Å². The Morgan fingerprint density at radius 2 is 1.48 bits per heavy atom. The molecule has 0 saturated carbocycles. The number of carbonyl (C=O) groups excluding carboxylic acids is 2. The van der Waals surface area contributed by atoms with Gasteiger partial charge in [-0.25, -0.2) is 13.8 Å². The van der Waals surface area contributed by atoms with Gasteiger partial charge in [0, 0.05) is 6.54 Å². The molecular weight excluding hydrogens is 552 g/mol. The number of amides is 2. The van der Waals surface area contributed by atoms with Gasteiger partial charge in [0.05, 0.1) is 16.8 Å². The van der Waals surface area contributed by atoms with Crippen LogP contribution in [-0.4, -0.2) is 46.1 Å². The molecule has 0 spiro atoms. The number of anilines is 1. The highest BCUT2D eigenvalue weighted by molar-refractivity contribution is 7.92. The molecule has 216 valence electrons. The third kappa shape index (κ3) is 8.77. The van der Waals surface area contributed by atoms with Crippen LogP contribution in [0.1, 0.15) is 16.7 Å². The van der Waals surface area contributed by atoms with Crippen molar-refractivity contribution in [2.24, 2.45) is 5.10 Å². The Bertz CT molecular complexity index is 1590. The summed E-state index contributed by atoms with van der Waals surface area (Å²) >= 11 is 0. The number of nitrogens with zero attached hydrogens (tertiary/aromatic N) is 2. The van der Waals surface area contributed by atoms with Crippen LogP contribution in [-0.2, 0) is 26.0 Å². The van der Waals surface area contributed by atoms with Crippen molar-refractivity contribution in [1.82, 2.24) is 10.7 Å². The summed E-state index contributed by atoms with van der Waals surface area (Å²) in [5.41, 5.74) is 5.49. The molecule has 0 fully saturated rings. The highest BCUT2D eigenvalue weighted by Gasteiger charge is 2.27. The Hall–Kier alpha value is -4.96. The number of benzene rings is 4. The summed E-state index contributed by atoms with van der Waals surface area (Å²) in [5, 5.41) is 6.80. The van der Waals surface area contributed by atoms with E-state index in [4.69, 9.17) is 4.74 Å². The summed E-state index contributed by atoms with van der Waals surface area (Å²) in [4.78, 5) is 24.9. The van der Waals surface area contributed by atoms with Gasteiger partial charge in [-0.1, -0.05) is 66.2 Å². The second-order valence-electron chi connectivity index (χ2n) is 9.40. The maximum Gasteiger partial charge on any atom is 0.264 e. The van der Waals surface area contributed by atoms with E-state index in [1.807, 2.05) is 37.3 Å². The van der Waals surface area contributed by atoms with Gasteiger partial charge >= 0.3 is 0 Å². The van der Waals surface area contributed by atoms with Crippen LogP contribution in [0.25, 0.3) is 0 Å². The van der Waals surface area contributed by atoms with Crippen LogP contribution in [0, 0.1) is 6.92 Å². The summed E-state index contributed by atoms with van der Waals surface area (Å²) < 4.78 is 33.4. The van der Waals surface area contributed by atoms with Crippen molar-refractivity contribution in [3.05, 3.63) is 126 Å². The first-order chi connectivity index (χ1) is 20.3. The van der Waals surface area contributed by atoms with Crippen molar-refractivity contribution in [3.8, 4) is 5.75 Å². The van der Waals surface area contributed by atoms with E-state index in [2.05, 4.69) is 15.8 Å². The monoisotopic (exact) mass is 584 g/mol. The van der Waals surface area contributed by atoms with Crippen molar-refractivity contribution in [3.63, 3.8) is 0 Å². The van der Waals surface area contributed by atoms with Gasteiger partial charge < -0.3 is 10.1 Å². The lowest BCUT2D eigenvalue weighted by atomic mass is 10.1. The molecule has 4 aromatic rings. The lowest BCUT2D eigenvalue weighted by Crippen LogP contribution is -2.39. The number of carbonyl (C=O) groups is 2. The molecule has 0 aliphatic heterocycles. The zero-order chi connectivity index (χ0) is 29.8. The Balaban J connectivity index is 1.28. The molecule has 0 aliphatic rings. The van der Waals surface area contributed by atoms with Crippen LogP contribution < -0.4 is 19.8 Å². The van der Waals surface area contributed by atoms with E-state index in [0.717, 1.165) is 21.9 Å². The average molecular weight is 585 g/mol. The van der Waals surface area contributed by atoms with Gasteiger partial charge in [0.25, 0.3) is 21.8 Å². The summed E-state index contributed by atoms with van der Waals surface area (Å²) in [6.07, 6.45) is 2.17. The molecule has 2 amide bonds. The predicted octanol–water partition coefficient (Wildman–Crippen LogP) is 4.08. The second kappa shape index (κ2) is 14.6. The molecule has 9 nitrogen and oxygen atoms in total. The number of rotatable bonds is 13. The average Bonchev–Trinajstić information content (AvgIpc) is 3.00. The molecule has 42 heavy (non-hydrogen) atoms. The largest absolute Gasteiger partial charge is 0.484 e. The highest BCUT2D eigenvalue weighted by atomic mass is 32.2. The number of hydrogen-bond donors (Lipinski definition) is 2. The second-order valence-corrected chi connectivity index (χ2v) is 11.3. The van der Waals surface area contributed by atoms with Gasteiger partial charge in [0.15, 0.2) is 6.61 Å². The predicted molar refractivity (Wildman–Crippen MR) is 163 cm³/mol. The lowest BCUT2D eigenvalue weighted by Gasteiger charge is -2.23. The van der Waals surface area contributed by atoms with Crippen molar-refractivity contribution in [1.29, 1.82) is 0 Å². The van der Waals surface area contributed by atoms with Crippen LogP contribution in [0.5, 0.6) is 5.75 Å². The smallest absolute Gasteiger partial charge is 0.264 e. The molecule has 10 heteroatoms. The van der Waals surface area contributed by atoms with E-state index in [9.17, 15) is 18.0 Å². The number of hydrazone groups is 1. The van der Waals surface area contributed by atoms with Gasteiger partial charge in [0.1, 0.15) is 12.3 Å². The van der Waals surface area contributed by atoms with E-state index in [0.29, 0.717) is 23.5 Å². The fourth-order valence-corrected chi connectivity index (χ4v) is 5.35. The number of aryl methyl sites for hydroxylation is 1. The zero-order valence-corrected chi connectivity index (χ0v) is 24.0. The van der Waals surface area contributed by atoms with Crippen molar-refractivity contribution >= 4 is 33.7 Å². The molecule has 0 bridgehead atoms. The first-order valence-corrected chi connectivity index (χ1v) is 14.7. The molecule has 0 unspecified atom stereocenters. The molecular formula is C32H32N4O5S. The fraction of sp³-hybridized carbons (Fsp3) is 0.156. The quantitative estimate of drug-likeness (QED) is 0.181. The van der Waals surface area contributed by atoms with E-state index >= 15 is 0 Å². The van der Waals surface area contributed by atoms with Crippen LogP contribution in [0.2, 0.25) is 0 Å². The summed E-state index contributed by atoms with van der Waals surface area (Å²) in [7, 11) is -4.00. The Labute approximate surface area is 245 Å². The van der Waals surface area contributed by atoms with Crippen LogP contribution in [0.3, 0.4) is 0 Å². The molecule has 4 aromatic carbocycles. The molecule has 0 heterocycles. The topological polar surface area (TPSA) is 117 Å². The Kier molecular flexibility index (Phi) is 10.4. The number of nitrogens with one attached hydrogen (secondary N) is 2. The standard InChI is InChI=1S/C32H32N4O5S/c1-25-12-18-30(19-13-25)42(39,40)36(28-10-6-3-7-11-28)23-31(37)35-34-22-27-14-16-29(17-15-27)41-24-32(38)33-21-20-26-8-4-2-5-9-26/h2-19,22H,20-21,23-24H2,1H3,(H,33,38)(H,35,37)/b34-22-. The molecule has 0 atom stereocenters. The van der Waals surface area contributed by atoms with Crippen LogP contribution in [0.4, 0.5) is 5.69 Å². The lowest BCUT2D eigenvalue weighted by molar-refractivity contribution is -0.123. The number of ether oxygens (including phenoxy) is 1. The Morgan fingerprint density at radius 1 is 0.833 bits per heavy atom. The number of hydrogen-bond acceptors (Lipinski definition) is 6. The van der Waals surface area contributed by atoms with Gasteiger partial charge in [-0.15, -0.1) is 0 Å². The van der Waals surface area contributed by atoms with Crippen LogP contribution in [0.15, 0.2) is 119 Å². The maximum absolute atomic E-state index is 13.4. The minimum atomic E-state index is -4.00. The van der Waals surface area contributed by atoms with Crippen molar-refractivity contribution in [2.45, 2.75) is 18.2 Å².